The zero-order valence-corrected chi connectivity index (χ0v) is 27.5. The number of benzene rings is 2. The van der Waals surface area contributed by atoms with Crippen LogP contribution in [0.15, 0.2) is 42.6 Å². The largest absolute Gasteiger partial charge is 0.494 e. The van der Waals surface area contributed by atoms with Crippen molar-refractivity contribution in [3.8, 4) is 23.1 Å². The quantitative estimate of drug-likeness (QED) is 0.217. The maximum absolute atomic E-state index is 13.9. The predicted octanol–water partition coefficient (Wildman–Crippen LogP) is 4.61. The average Bonchev–Trinajstić information content (AvgIpc) is 3.74. The highest BCUT2D eigenvalue weighted by molar-refractivity contribution is 5.87. The van der Waals surface area contributed by atoms with E-state index in [0.29, 0.717) is 49.8 Å². The van der Waals surface area contributed by atoms with E-state index in [2.05, 4.69) is 25.9 Å². The number of hydrogen-bond acceptors (Lipinski definition) is 8. The third-order valence-corrected chi connectivity index (χ3v) is 9.33. The maximum atomic E-state index is 13.9. The molecule has 0 saturated carbocycles. The molecule has 1 unspecified atom stereocenters. The molecule has 0 radical (unpaired) electrons. The number of carboxylic acids is 1. The Labute approximate surface area is 271 Å². The normalized spacial score (nSPS) is 19.3. The number of aromatic hydroxyl groups is 1. The predicted molar refractivity (Wildman–Crippen MR) is 176 cm³/mol. The third-order valence-electron chi connectivity index (χ3n) is 9.33. The number of carboxylic acid groups (broad SMARTS) is 1. The van der Waals surface area contributed by atoms with E-state index in [0.717, 1.165) is 48.6 Å². The first-order valence-corrected chi connectivity index (χ1v) is 16.4. The van der Waals surface area contributed by atoms with Crippen LogP contribution in [0.25, 0.3) is 10.8 Å². The molecule has 1 aromatic heterocycles. The van der Waals surface area contributed by atoms with E-state index in [1.54, 1.807) is 11.7 Å². The number of aromatic nitrogens is 1. The maximum Gasteiger partial charge on any atom is 0.308 e. The Morgan fingerprint density at radius 1 is 1.07 bits per heavy atom. The number of ether oxygens (including phenoxy) is 3. The fourth-order valence-corrected chi connectivity index (χ4v) is 6.91. The highest BCUT2D eigenvalue weighted by Crippen LogP contribution is 2.47. The summed E-state index contributed by atoms with van der Waals surface area (Å²) in [5.41, 5.74) is 0.773. The first-order valence-electron chi connectivity index (χ1n) is 16.4. The molecule has 0 spiro atoms. The second kappa shape index (κ2) is 15.1. The average molecular weight is 637 g/mol. The van der Waals surface area contributed by atoms with Gasteiger partial charge in [0.15, 0.2) is 17.4 Å². The van der Waals surface area contributed by atoms with E-state index in [-0.39, 0.29) is 25.1 Å². The molecular weight excluding hydrogens is 588 g/mol. The molecule has 3 aromatic rings. The van der Waals surface area contributed by atoms with Crippen LogP contribution in [0.5, 0.6) is 23.1 Å². The first kappa shape index (κ1) is 33.4. The Morgan fingerprint density at radius 2 is 1.83 bits per heavy atom. The molecule has 11 heteroatoms. The highest BCUT2D eigenvalue weighted by atomic mass is 16.7. The number of amides is 1. The number of rotatable bonds is 16. The Balaban J connectivity index is 1.43. The van der Waals surface area contributed by atoms with E-state index in [1.807, 2.05) is 52.4 Å². The van der Waals surface area contributed by atoms with E-state index < -0.39 is 23.8 Å². The van der Waals surface area contributed by atoms with E-state index in [1.165, 1.54) is 0 Å². The number of carbonyl (C=O) groups excluding carboxylic acids is 1. The van der Waals surface area contributed by atoms with Gasteiger partial charge < -0.3 is 38.8 Å². The van der Waals surface area contributed by atoms with Crippen molar-refractivity contribution in [3.63, 3.8) is 0 Å². The van der Waals surface area contributed by atoms with Crippen LogP contribution < -0.4 is 14.2 Å². The van der Waals surface area contributed by atoms with Gasteiger partial charge in [-0.2, -0.15) is 0 Å². The zero-order chi connectivity index (χ0) is 32.8. The summed E-state index contributed by atoms with van der Waals surface area (Å²) in [5, 5.41) is 23.3. The SMILES string of the molecule is CCCCN(CCCCN(C)C)C(=O)CN1C[C@H](c2cc(OC)c3c(c2)OCO3)C(C(=O)O)[C@@H]1CCn1cc2ccccc2c1O. The van der Waals surface area contributed by atoms with Gasteiger partial charge in [0.25, 0.3) is 0 Å². The van der Waals surface area contributed by atoms with Gasteiger partial charge >= 0.3 is 5.97 Å². The molecule has 250 valence electrons. The fourth-order valence-electron chi connectivity index (χ4n) is 6.91. The number of methoxy groups -OCH3 is 1. The number of likely N-dealkylation sites (tertiary alicyclic amines) is 1. The summed E-state index contributed by atoms with van der Waals surface area (Å²) in [6, 6.07) is 10.8. The van der Waals surface area contributed by atoms with Crippen molar-refractivity contribution < 1.29 is 34.0 Å². The smallest absolute Gasteiger partial charge is 0.308 e. The van der Waals surface area contributed by atoms with Crippen molar-refractivity contribution >= 4 is 22.6 Å². The van der Waals surface area contributed by atoms with Gasteiger partial charge in [0.05, 0.1) is 19.6 Å². The van der Waals surface area contributed by atoms with Gasteiger partial charge in [0.1, 0.15) is 0 Å². The summed E-state index contributed by atoms with van der Waals surface area (Å²) in [5.74, 6) is -0.431. The minimum atomic E-state index is -0.921. The van der Waals surface area contributed by atoms with Crippen LogP contribution in [0.3, 0.4) is 0 Å². The summed E-state index contributed by atoms with van der Waals surface area (Å²) in [6.45, 7) is 5.44. The number of hydrogen-bond donors (Lipinski definition) is 2. The van der Waals surface area contributed by atoms with Crippen molar-refractivity contribution in [1.29, 1.82) is 0 Å². The van der Waals surface area contributed by atoms with Gasteiger partial charge in [-0.25, -0.2) is 0 Å². The van der Waals surface area contributed by atoms with E-state index in [4.69, 9.17) is 14.2 Å². The second-order valence-electron chi connectivity index (χ2n) is 12.7. The molecule has 2 aliphatic heterocycles. The van der Waals surface area contributed by atoms with Gasteiger partial charge in [-0.05, 0) is 70.1 Å². The Bertz CT molecular complexity index is 1510. The lowest BCUT2D eigenvalue weighted by Crippen LogP contribution is -2.45. The van der Waals surface area contributed by atoms with Crippen LogP contribution >= 0.6 is 0 Å². The lowest BCUT2D eigenvalue weighted by molar-refractivity contribution is -0.144. The number of carbonyl (C=O) groups is 2. The summed E-state index contributed by atoms with van der Waals surface area (Å²) < 4.78 is 18.6. The van der Waals surface area contributed by atoms with Crippen molar-refractivity contribution in [2.24, 2.45) is 5.92 Å². The molecule has 3 atom stereocenters. The Hall–Kier alpha value is -3.96. The van der Waals surface area contributed by atoms with Gasteiger partial charge in [-0.1, -0.05) is 31.5 Å². The Kier molecular flexibility index (Phi) is 11.0. The summed E-state index contributed by atoms with van der Waals surface area (Å²) in [6.07, 6.45) is 6.15. The molecule has 11 nitrogen and oxygen atoms in total. The molecular formula is C35H48N4O7. The second-order valence-corrected chi connectivity index (χ2v) is 12.7. The highest BCUT2D eigenvalue weighted by Gasteiger charge is 2.47. The van der Waals surface area contributed by atoms with Crippen molar-refractivity contribution in [2.75, 3.05) is 60.7 Å². The van der Waals surface area contributed by atoms with Crippen molar-refractivity contribution in [3.05, 3.63) is 48.2 Å². The van der Waals surface area contributed by atoms with Gasteiger partial charge in [0.2, 0.25) is 18.4 Å². The van der Waals surface area contributed by atoms with Crippen LogP contribution in [0, 0.1) is 5.92 Å². The van der Waals surface area contributed by atoms with E-state index >= 15 is 0 Å². The summed E-state index contributed by atoms with van der Waals surface area (Å²) in [4.78, 5) is 33.1. The lowest BCUT2D eigenvalue weighted by Gasteiger charge is -2.30. The fraction of sp³-hybridized carbons (Fsp3) is 0.543. The molecule has 5 rings (SSSR count). The molecule has 0 bridgehead atoms. The van der Waals surface area contributed by atoms with Gasteiger partial charge in [0, 0.05) is 55.1 Å². The van der Waals surface area contributed by atoms with Crippen molar-refractivity contribution in [1.82, 2.24) is 19.3 Å². The number of fused-ring (bicyclic) bond motifs is 2. The molecule has 1 saturated heterocycles. The number of nitrogens with zero attached hydrogens (tertiary/aromatic N) is 4. The zero-order valence-electron chi connectivity index (χ0n) is 27.5. The molecule has 2 aromatic carbocycles. The molecule has 3 heterocycles. The number of unbranched alkanes of at least 4 members (excludes halogenated alkanes) is 2. The Morgan fingerprint density at radius 3 is 2.54 bits per heavy atom. The molecule has 46 heavy (non-hydrogen) atoms. The third kappa shape index (κ3) is 7.36. The van der Waals surface area contributed by atoms with E-state index in [9.17, 15) is 19.8 Å². The van der Waals surface area contributed by atoms with Gasteiger partial charge in [-0.3, -0.25) is 14.5 Å². The molecule has 2 N–H and O–H groups in total. The topological polar surface area (TPSA) is 117 Å². The van der Waals surface area contributed by atoms with Crippen LogP contribution in [0.1, 0.15) is 50.5 Å². The van der Waals surface area contributed by atoms with Crippen LogP contribution in [-0.2, 0) is 16.1 Å². The minimum Gasteiger partial charge on any atom is -0.494 e. The lowest BCUT2D eigenvalue weighted by atomic mass is 9.84. The summed E-state index contributed by atoms with van der Waals surface area (Å²) in [7, 11) is 5.65. The molecule has 0 aliphatic carbocycles. The number of aliphatic carboxylic acids is 1. The molecule has 2 aliphatic rings. The summed E-state index contributed by atoms with van der Waals surface area (Å²) >= 11 is 0. The van der Waals surface area contributed by atoms with Crippen molar-refractivity contribution in [2.45, 2.75) is 57.5 Å². The molecule has 1 fully saturated rings. The van der Waals surface area contributed by atoms with Crippen LogP contribution in [0.4, 0.5) is 0 Å². The number of aryl methyl sites for hydroxylation is 1. The molecule has 1 amide bonds. The van der Waals surface area contributed by atoms with Gasteiger partial charge in [-0.15, -0.1) is 0 Å². The minimum absolute atomic E-state index is 0.0194. The van der Waals surface area contributed by atoms with Crippen LogP contribution in [-0.4, -0.2) is 108 Å². The monoisotopic (exact) mass is 636 g/mol. The standard InChI is InChI=1S/C35H48N4O7/c1-5-6-15-37(16-10-9-14-36(2)3)31(40)22-39-21-27(25-18-29(44-4)33-30(19-25)45-23-46-33)32(35(42)43)28(39)13-17-38-20-24-11-7-8-12-26(24)34(38)41/h7-8,11-12,18-20,27-28,32,41H,5-6,9-10,13-17,21-23H2,1-4H3,(H,42,43)/t27-,28+,32?/m1/s1. The van der Waals surface area contributed by atoms with Crippen LogP contribution in [0.2, 0.25) is 0 Å². The first-order chi connectivity index (χ1) is 22.2.